The highest BCUT2D eigenvalue weighted by atomic mass is 32.2. The van der Waals surface area contributed by atoms with Gasteiger partial charge in [-0.3, -0.25) is 0 Å². The third-order valence-corrected chi connectivity index (χ3v) is 5.67. The highest BCUT2D eigenvalue weighted by molar-refractivity contribution is 7.88. The number of hydrogen-bond donors (Lipinski definition) is 1. The summed E-state index contributed by atoms with van der Waals surface area (Å²) in [5, 5.41) is 0. The Bertz CT molecular complexity index is 977. The standard InChI is InChI=1S/C19H23N3O2S/c1-15-8-3-4-9-17(15)14-25(23,24)20-12-7-13-22-16(2)21-18-10-5-6-11-19(18)22/h3-6,8-11,20H,7,12-14H2,1-2H3. The lowest BCUT2D eigenvalue weighted by molar-refractivity contribution is 0.569. The van der Waals surface area contributed by atoms with E-state index in [2.05, 4.69) is 14.3 Å². The fraction of sp³-hybridized carbons (Fsp3) is 0.316. The first-order valence-electron chi connectivity index (χ1n) is 8.40. The highest BCUT2D eigenvalue weighted by Gasteiger charge is 2.12. The van der Waals surface area contributed by atoms with E-state index in [0.29, 0.717) is 13.0 Å². The van der Waals surface area contributed by atoms with Gasteiger partial charge in [-0.25, -0.2) is 18.1 Å². The Morgan fingerprint density at radius 1 is 1.04 bits per heavy atom. The van der Waals surface area contributed by atoms with Crippen molar-refractivity contribution in [2.75, 3.05) is 6.54 Å². The Morgan fingerprint density at radius 3 is 2.56 bits per heavy atom. The molecule has 0 aliphatic heterocycles. The first-order valence-corrected chi connectivity index (χ1v) is 10.1. The first-order chi connectivity index (χ1) is 12.0. The average Bonchev–Trinajstić information content (AvgIpc) is 2.89. The van der Waals surface area contributed by atoms with Crippen LogP contribution in [0.4, 0.5) is 0 Å². The monoisotopic (exact) mass is 357 g/mol. The Labute approximate surface area is 148 Å². The Balaban J connectivity index is 1.57. The number of fused-ring (bicyclic) bond motifs is 1. The Kier molecular flexibility index (Phi) is 5.20. The second-order valence-corrected chi connectivity index (χ2v) is 8.04. The van der Waals surface area contributed by atoms with Gasteiger partial charge in [-0.1, -0.05) is 36.4 Å². The van der Waals surface area contributed by atoms with E-state index in [0.717, 1.165) is 34.5 Å². The Morgan fingerprint density at radius 2 is 1.76 bits per heavy atom. The lowest BCUT2D eigenvalue weighted by Crippen LogP contribution is -2.27. The summed E-state index contributed by atoms with van der Waals surface area (Å²) in [6, 6.07) is 15.6. The second-order valence-electron chi connectivity index (χ2n) is 6.23. The van der Waals surface area contributed by atoms with Crippen LogP contribution in [0.5, 0.6) is 0 Å². The van der Waals surface area contributed by atoms with Crippen LogP contribution < -0.4 is 4.72 Å². The molecule has 2 aromatic carbocycles. The molecule has 0 bridgehead atoms. The quantitative estimate of drug-likeness (QED) is 0.661. The van der Waals surface area contributed by atoms with Crippen LogP contribution in [0.25, 0.3) is 11.0 Å². The van der Waals surface area contributed by atoms with E-state index < -0.39 is 10.0 Å². The van der Waals surface area contributed by atoms with E-state index in [1.54, 1.807) is 0 Å². The molecule has 5 nitrogen and oxygen atoms in total. The fourth-order valence-corrected chi connectivity index (χ4v) is 4.26. The lowest BCUT2D eigenvalue weighted by Gasteiger charge is -2.10. The van der Waals surface area contributed by atoms with Crippen LogP contribution in [0.3, 0.4) is 0 Å². The molecule has 1 heterocycles. The molecule has 0 fully saturated rings. The highest BCUT2D eigenvalue weighted by Crippen LogP contribution is 2.16. The van der Waals surface area contributed by atoms with Crippen LogP contribution in [0.15, 0.2) is 48.5 Å². The molecule has 0 amide bonds. The van der Waals surface area contributed by atoms with Crippen molar-refractivity contribution in [1.29, 1.82) is 0 Å². The summed E-state index contributed by atoms with van der Waals surface area (Å²) in [5.41, 5.74) is 3.89. The van der Waals surface area contributed by atoms with Crippen LogP contribution in [-0.2, 0) is 22.3 Å². The third kappa shape index (κ3) is 4.27. The zero-order valence-electron chi connectivity index (χ0n) is 14.6. The zero-order valence-corrected chi connectivity index (χ0v) is 15.4. The number of sulfonamides is 1. The van der Waals surface area contributed by atoms with Crippen molar-refractivity contribution >= 4 is 21.1 Å². The minimum atomic E-state index is -3.33. The molecule has 0 spiro atoms. The first kappa shape index (κ1) is 17.6. The molecule has 25 heavy (non-hydrogen) atoms. The molecule has 0 aliphatic carbocycles. The van der Waals surface area contributed by atoms with Crippen LogP contribution in [0, 0.1) is 13.8 Å². The number of imidazole rings is 1. The van der Waals surface area contributed by atoms with E-state index in [-0.39, 0.29) is 5.75 Å². The normalized spacial score (nSPS) is 11.9. The molecule has 1 aromatic heterocycles. The summed E-state index contributed by atoms with van der Waals surface area (Å²) in [7, 11) is -3.33. The topological polar surface area (TPSA) is 64.0 Å². The van der Waals surface area contributed by atoms with Gasteiger partial charge >= 0.3 is 0 Å². The zero-order chi connectivity index (χ0) is 17.9. The molecule has 0 saturated heterocycles. The number of hydrogen-bond acceptors (Lipinski definition) is 3. The molecule has 0 aliphatic rings. The SMILES string of the molecule is Cc1ccccc1CS(=O)(=O)NCCCn1c(C)nc2ccccc21. The van der Waals surface area contributed by atoms with Crippen LogP contribution >= 0.6 is 0 Å². The maximum absolute atomic E-state index is 12.3. The van der Waals surface area contributed by atoms with Crippen molar-refractivity contribution in [3.05, 3.63) is 65.5 Å². The second kappa shape index (κ2) is 7.37. The number of rotatable bonds is 7. The number of nitrogens with one attached hydrogen (secondary N) is 1. The molecular formula is C19H23N3O2S. The largest absolute Gasteiger partial charge is 0.328 e. The summed E-state index contributed by atoms with van der Waals surface area (Å²) < 4.78 is 29.4. The lowest BCUT2D eigenvalue weighted by atomic mass is 10.1. The van der Waals surface area contributed by atoms with E-state index in [1.165, 1.54) is 0 Å². The third-order valence-electron chi connectivity index (χ3n) is 4.33. The smallest absolute Gasteiger partial charge is 0.215 e. The molecule has 0 saturated carbocycles. The molecule has 6 heteroatoms. The van der Waals surface area contributed by atoms with Crippen LogP contribution in [0.2, 0.25) is 0 Å². The summed E-state index contributed by atoms with van der Waals surface area (Å²) in [4.78, 5) is 4.53. The molecule has 3 rings (SSSR count). The van der Waals surface area contributed by atoms with Crippen molar-refractivity contribution in [2.45, 2.75) is 32.6 Å². The van der Waals surface area contributed by atoms with Gasteiger partial charge in [-0.2, -0.15) is 0 Å². The number of nitrogens with zero attached hydrogens (tertiary/aromatic N) is 2. The molecule has 1 N–H and O–H groups in total. The van der Waals surface area contributed by atoms with Gasteiger partial charge in [0.05, 0.1) is 16.8 Å². The average molecular weight is 357 g/mol. The van der Waals surface area contributed by atoms with Crippen LogP contribution in [-0.4, -0.2) is 24.5 Å². The predicted molar refractivity (Wildman–Crippen MR) is 101 cm³/mol. The van der Waals surface area contributed by atoms with Gasteiger partial charge in [0.2, 0.25) is 10.0 Å². The van der Waals surface area contributed by atoms with Crippen molar-refractivity contribution in [2.24, 2.45) is 0 Å². The van der Waals surface area contributed by atoms with E-state index in [4.69, 9.17) is 0 Å². The van der Waals surface area contributed by atoms with Crippen molar-refractivity contribution < 1.29 is 8.42 Å². The van der Waals surface area contributed by atoms with Crippen molar-refractivity contribution in [1.82, 2.24) is 14.3 Å². The molecule has 132 valence electrons. The molecule has 0 atom stereocenters. The maximum Gasteiger partial charge on any atom is 0.215 e. The van der Waals surface area contributed by atoms with Gasteiger partial charge < -0.3 is 4.57 Å². The van der Waals surface area contributed by atoms with Crippen molar-refractivity contribution in [3.63, 3.8) is 0 Å². The predicted octanol–water partition coefficient (Wildman–Crippen LogP) is 3.16. The molecular weight excluding hydrogens is 334 g/mol. The molecule has 0 radical (unpaired) electrons. The number of para-hydroxylation sites is 2. The minimum absolute atomic E-state index is 0.0205. The van der Waals surface area contributed by atoms with E-state index in [1.807, 2.05) is 62.4 Å². The number of aromatic nitrogens is 2. The summed E-state index contributed by atoms with van der Waals surface area (Å²) in [6.07, 6.45) is 0.716. The molecule has 0 unspecified atom stereocenters. The van der Waals surface area contributed by atoms with Gasteiger partial charge in [0.25, 0.3) is 0 Å². The maximum atomic E-state index is 12.3. The summed E-state index contributed by atoms with van der Waals surface area (Å²) in [6.45, 7) is 5.06. The van der Waals surface area contributed by atoms with Gasteiger partial charge in [-0.05, 0) is 43.5 Å². The minimum Gasteiger partial charge on any atom is -0.328 e. The Hall–Kier alpha value is -2.18. The molecule has 3 aromatic rings. The van der Waals surface area contributed by atoms with Gasteiger partial charge in [0, 0.05) is 13.1 Å². The fourth-order valence-electron chi connectivity index (χ4n) is 2.97. The van der Waals surface area contributed by atoms with E-state index in [9.17, 15) is 8.42 Å². The van der Waals surface area contributed by atoms with Gasteiger partial charge in [0.15, 0.2) is 0 Å². The van der Waals surface area contributed by atoms with Gasteiger partial charge in [0.1, 0.15) is 5.82 Å². The summed E-state index contributed by atoms with van der Waals surface area (Å²) >= 11 is 0. The van der Waals surface area contributed by atoms with Gasteiger partial charge in [-0.15, -0.1) is 0 Å². The summed E-state index contributed by atoms with van der Waals surface area (Å²) in [5.74, 6) is 0.969. The van der Waals surface area contributed by atoms with E-state index >= 15 is 0 Å². The number of benzene rings is 2. The number of aryl methyl sites for hydroxylation is 3. The van der Waals surface area contributed by atoms with Crippen molar-refractivity contribution in [3.8, 4) is 0 Å². The van der Waals surface area contributed by atoms with Crippen LogP contribution in [0.1, 0.15) is 23.4 Å².